The van der Waals surface area contributed by atoms with Gasteiger partial charge >= 0.3 is 12.3 Å². The van der Waals surface area contributed by atoms with Crippen LogP contribution in [0.15, 0.2) is 4.52 Å². The van der Waals surface area contributed by atoms with Crippen LogP contribution in [0.5, 0.6) is 0 Å². The Balaban J connectivity index is 2.47. The van der Waals surface area contributed by atoms with Crippen molar-refractivity contribution in [2.75, 3.05) is 6.61 Å². The molecule has 1 heterocycles. The van der Waals surface area contributed by atoms with Gasteiger partial charge in [0, 0.05) is 6.04 Å². The van der Waals surface area contributed by atoms with E-state index < -0.39 is 25.6 Å². The fourth-order valence-corrected chi connectivity index (χ4v) is 1.08. The number of halogens is 4. The van der Waals surface area contributed by atoms with E-state index in [0.717, 1.165) is 0 Å². The van der Waals surface area contributed by atoms with Crippen molar-refractivity contribution in [2.24, 2.45) is 5.73 Å². The van der Waals surface area contributed by atoms with Gasteiger partial charge in [-0.1, -0.05) is 12.1 Å². The fraction of sp³-hybridized carbons (Fsp3) is 0.800. The minimum atomic E-state index is -4.19. The Morgan fingerprint density at radius 2 is 2.00 bits per heavy atom. The van der Waals surface area contributed by atoms with Crippen molar-refractivity contribution in [1.82, 2.24) is 10.1 Å². The Kier molecular flexibility index (Phi) is 5.24. The van der Waals surface area contributed by atoms with Gasteiger partial charge in [-0.25, -0.2) is 8.78 Å². The van der Waals surface area contributed by atoms with Crippen molar-refractivity contribution in [3.63, 3.8) is 0 Å². The first kappa shape index (κ1) is 15.8. The van der Waals surface area contributed by atoms with Gasteiger partial charge in [-0.2, -0.15) is 13.8 Å². The average Bonchev–Trinajstić information content (AvgIpc) is 2.76. The van der Waals surface area contributed by atoms with Gasteiger partial charge in [0.25, 0.3) is 0 Å². The van der Waals surface area contributed by atoms with E-state index in [1.54, 1.807) is 13.8 Å². The Hall–Kier alpha value is -1.22. The smallest absolute Gasteiger partial charge is 0.330 e. The second kappa shape index (κ2) is 6.29. The third kappa shape index (κ3) is 4.43. The molecule has 2 unspecified atom stereocenters. The van der Waals surface area contributed by atoms with Gasteiger partial charge in [0.15, 0.2) is 5.82 Å². The van der Waals surface area contributed by atoms with E-state index in [1.807, 2.05) is 0 Å². The SMILES string of the molecule is CC(N)C(C)c1nc(COCC(F)(F)C(F)F)no1. The lowest BCUT2D eigenvalue weighted by molar-refractivity contribution is -0.168. The van der Waals surface area contributed by atoms with E-state index in [0.29, 0.717) is 0 Å². The topological polar surface area (TPSA) is 74.2 Å². The van der Waals surface area contributed by atoms with Gasteiger partial charge in [-0.3, -0.25) is 0 Å². The maximum Gasteiger partial charge on any atom is 0.330 e. The van der Waals surface area contributed by atoms with Crippen molar-refractivity contribution in [3.8, 4) is 0 Å². The minimum absolute atomic E-state index is 0.00701. The largest absolute Gasteiger partial charge is 0.367 e. The van der Waals surface area contributed by atoms with Crippen molar-refractivity contribution < 1.29 is 26.8 Å². The molecule has 5 nitrogen and oxygen atoms in total. The van der Waals surface area contributed by atoms with Crippen LogP contribution < -0.4 is 5.73 Å². The van der Waals surface area contributed by atoms with Gasteiger partial charge in [-0.15, -0.1) is 0 Å². The van der Waals surface area contributed by atoms with E-state index in [-0.39, 0.29) is 23.7 Å². The summed E-state index contributed by atoms with van der Waals surface area (Å²) in [7, 11) is 0. The van der Waals surface area contributed by atoms with Crippen LogP contribution in [0.4, 0.5) is 17.6 Å². The normalized spacial score (nSPS) is 15.8. The fourth-order valence-electron chi connectivity index (χ4n) is 1.08. The molecule has 0 bridgehead atoms. The number of alkyl halides is 4. The molecular weight excluding hydrogens is 270 g/mol. The summed E-state index contributed by atoms with van der Waals surface area (Å²) in [6.45, 7) is 1.66. The molecule has 9 heteroatoms. The maximum atomic E-state index is 12.5. The summed E-state index contributed by atoms with van der Waals surface area (Å²) >= 11 is 0. The average molecular weight is 285 g/mol. The second-order valence-electron chi connectivity index (χ2n) is 4.25. The first-order valence-corrected chi connectivity index (χ1v) is 5.56. The quantitative estimate of drug-likeness (QED) is 0.775. The summed E-state index contributed by atoms with van der Waals surface area (Å²) in [6.07, 6.45) is -3.77. The molecule has 0 aliphatic heterocycles. The first-order valence-electron chi connectivity index (χ1n) is 5.56. The van der Waals surface area contributed by atoms with Gasteiger partial charge in [0.1, 0.15) is 13.2 Å². The highest BCUT2D eigenvalue weighted by Gasteiger charge is 2.41. The van der Waals surface area contributed by atoms with Crippen LogP contribution in [0.3, 0.4) is 0 Å². The summed E-state index contributed by atoms with van der Waals surface area (Å²) in [5, 5.41) is 3.49. The number of hydrogen-bond acceptors (Lipinski definition) is 5. The Morgan fingerprint density at radius 1 is 1.37 bits per heavy atom. The molecule has 2 N–H and O–H groups in total. The number of rotatable bonds is 7. The zero-order valence-electron chi connectivity index (χ0n) is 10.4. The van der Waals surface area contributed by atoms with Crippen molar-refractivity contribution in [1.29, 1.82) is 0 Å². The molecule has 0 amide bonds. The lowest BCUT2D eigenvalue weighted by Gasteiger charge is -2.14. The number of ether oxygens (including phenoxy) is 1. The predicted octanol–water partition coefficient (Wildman–Crippen LogP) is 1.94. The highest BCUT2D eigenvalue weighted by atomic mass is 19.3. The Morgan fingerprint density at radius 3 is 2.53 bits per heavy atom. The molecule has 19 heavy (non-hydrogen) atoms. The molecule has 0 aliphatic rings. The molecule has 1 aromatic rings. The molecule has 0 saturated heterocycles. The molecule has 0 saturated carbocycles. The predicted molar refractivity (Wildman–Crippen MR) is 57.0 cm³/mol. The lowest BCUT2D eigenvalue weighted by atomic mass is 10.1. The molecular formula is C10H15F4N3O2. The number of aromatic nitrogens is 2. The van der Waals surface area contributed by atoms with Crippen molar-refractivity contribution >= 4 is 0 Å². The van der Waals surface area contributed by atoms with E-state index in [4.69, 9.17) is 10.3 Å². The van der Waals surface area contributed by atoms with Crippen LogP contribution in [0.1, 0.15) is 31.5 Å². The summed E-state index contributed by atoms with van der Waals surface area (Å²) in [4.78, 5) is 3.88. The zero-order valence-corrected chi connectivity index (χ0v) is 10.4. The van der Waals surface area contributed by atoms with Crippen LogP contribution in [0.25, 0.3) is 0 Å². The molecule has 0 aliphatic carbocycles. The van der Waals surface area contributed by atoms with E-state index in [2.05, 4.69) is 14.9 Å². The maximum absolute atomic E-state index is 12.5. The van der Waals surface area contributed by atoms with Gasteiger partial charge < -0.3 is 15.0 Å². The van der Waals surface area contributed by atoms with Crippen molar-refractivity contribution in [2.45, 2.75) is 44.8 Å². The summed E-state index contributed by atoms with van der Waals surface area (Å²) in [5.74, 6) is -4.14. The molecule has 1 aromatic heterocycles. The van der Waals surface area contributed by atoms with Crippen LogP contribution in [-0.2, 0) is 11.3 Å². The van der Waals surface area contributed by atoms with Crippen LogP contribution in [0.2, 0.25) is 0 Å². The molecule has 0 aromatic carbocycles. The third-order valence-electron chi connectivity index (χ3n) is 2.51. The van der Waals surface area contributed by atoms with E-state index in [9.17, 15) is 17.6 Å². The molecule has 0 spiro atoms. The zero-order chi connectivity index (χ0) is 14.6. The van der Waals surface area contributed by atoms with Gasteiger partial charge in [0.05, 0.1) is 5.92 Å². The van der Waals surface area contributed by atoms with Crippen LogP contribution >= 0.6 is 0 Å². The van der Waals surface area contributed by atoms with Gasteiger partial charge in [0.2, 0.25) is 5.89 Å². The van der Waals surface area contributed by atoms with E-state index >= 15 is 0 Å². The molecule has 1 rings (SSSR count). The molecule has 0 radical (unpaired) electrons. The molecule has 2 atom stereocenters. The second-order valence-corrected chi connectivity index (χ2v) is 4.25. The molecule has 110 valence electrons. The Labute approximate surface area is 107 Å². The number of nitrogens with two attached hydrogens (primary N) is 1. The number of hydrogen-bond donors (Lipinski definition) is 1. The third-order valence-corrected chi connectivity index (χ3v) is 2.51. The van der Waals surface area contributed by atoms with Crippen LogP contribution in [0, 0.1) is 0 Å². The van der Waals surface area contributed by atoms with E-state index in [1.165, 1.54) is 0 Å². The molecule has 0 fully saturated rings. The highest BCUT2D eigenvalue weighted by Crippen LogP contribution is 2.23. The summed E-state index contributed by atoms with van der Waals surface area (Å²) in [5.41, 5.74) is 5.63. The van der Waals surface area contributed by atoms with Gasteiger partial charge in [-0.05, 0) is 6.92 Å². The monoisotopic (exact) mass is 285 g/mol. The minimum Gasteiger partial charge on any atom is -0.367 e. The standard InChI is InChI=1S/C10H15F4N3O2/c1-5(6(2)15)8-16-7(17-19-8)3-18-4-10(13,14)9(11)12/h5-6,9H,3-4,15H2,1-2H3. The Bertz CT molecular complexity index is 398. The van der Waals surface area contributed by atoms with Crippen LogP contribution in [-0.4, -0.2) is 35.1 Å². The van der Waals surface area contributed by atoms with Crippen molar-refractivity contribution in [3.05, 3.63) is 11.7 Å². The summed E-state index contributed by atoms with van der Waals surface area (Å²) in [6, 6.07) is -0.225. The number of nitrogens with zero attached hydrogens (tertiary/aromatic N) is 2. The lowest BCUT2D eigenvalue weighted by Crippen LogP contribution is -2.32. The first-order chi connectivity index (χ1) is 8.74. The summed E-state index contributed by atoms with van der Waals surface area (Å²) < 4.78 is 58.1. The highest BCUT2D eigenvalue weighted by molar-refractivity contribution is 4.94.